The average molecular weight is 443 g/mol. The molecule has 0 radical (unpaired) electrons. The minimum Gasteiger partial charge on any atom is -0.420 e. The summed E-state index contributed by atoms with van der Waals surface area (Å²) in [5.41, 5.74) is 4.80. The standard InChI is InChI=1S/C23H17N5O3S/c1-15-6-10-17(11-7-15)27-20-5-3-2-4-19(20)24-23(27)32-14-21-25-26-22(31-21)16-8-12-18(13-9-16)28(29)30/h2-13H,14H2,1H3. The Morgan fingerprint density at radius 3 is 2.50 bits per heavy atom. The first-order valence-corrected chi connectivity index (χ1v) is 10.8. The van der Waals surface area contributed by atoms with Crippen LogP contribution in [0.1, 0.15) is 11.5 Å². The van der Waals surface area contributed by atoms with Gasteiger partial charge in [-0.15, -0.1) is 10.2 Å². The van der Waals surface area contributed by atoms with E-state index in [1.165, 1.54) is 29.5 Å². The SMILES string of the molecule is Cc1ccc(-n2c(SCc3nnc(-c4ccc([N+](=O)[O-])cc4)o3)nc3ccccc32)cc1. The first kappa shape index (κ1) is 20.0. The number of imidazole rings is 1. The number of benzene rings is 3. The van der Waals surface area contributed by atoms with Crippen molar-refractivity contribution in [1.29, 1.82) is 0 Å². The predicted octanol–water partition coefficient (Wildman–Crippen LogP) is 5.58. The highest BCUT2D eigenvalue weighted by molar-refractivity contribution is 7.98. The molecular formula is C23H17N5O3S. The average Bonchev–Trinajstić information content (AvgIpc) is 3.43. The van der Waals surface area contributed by atoms with Crippen molar-refractivity contribution in [3.05, 3.63) is 94.4 Å². The second-order valence-electron chi connectivity index (χ2n) is 7.15. The van der Waals surface area contributed by atoms with Crippen molar-refractivity contribution in [2.24, 2.45) is 0 Å². The molecule has 9 heteroatoms. The number of hydrogen-bond acceptors (Lipinski definition) is 7. The molecule has 158 valence electrons. The van der Waals surface area contributed by atoms with Crippen molar-refractivity contribution < 1.29 is 9.34 Å². The quantitative estimate of drug-likeness (QED) is 0.192. The van der Waals surface area contributed by atoms with Gasteiger partial charge in [0.1, 0.15) is 0 Å². The van der Waals surface area contributed by atoms with Crippen LogP contribution in [0, 0.1) is 17.0 Å². The molecule has 5 aromatic rings. The molecule has 0 saturated carbocycles. The van der Waals surface area contributed by atoms with Gasteiger partial charge >= 0.3 is 0 Å². The monoisotopic (exact) mass is 443 g/mol. The van der Waals surface area contributed by atoms with Crippen LogP contribution in [-0.4, -0.2) is 24.7 Å². The number of hydrogen-bond donors (Lipinski definition) is 0. The third-order valence-electron chi connectivity index (χ3n) is 4.94. The highest BCUT2D eigenvalue weighted by Gasteiger charge is 2.16. The highest BCUT2D eigenvalue weighted by atomic mass is 32.2. The third kappa shape index (κ3) is 3.85. The topological polar surface area (TPSA) is 99.9 Å². The minimum atomic E-state index is -0.445. The maximum absolute atomic E-state index is 10.8. The number of nitro groups is 1. The number of para-hydroxylation sites is 2. The third-order valence-corrected chi connectivity index (χ3v) is 5.86. The maximum atomic E-state index is 10.8. The molecule has 2 aromatic heterocycles. The summed E-state index contributed by atoms with van der Waals surface area (Å²) in [7, 11) is 0. The summed E-state index contributed by atoms with van der Waals surface area (Å²) >= 11 is 1.51. The van der Waals surface area contributed by atoms with E-state index in [1.807, 2.05) is 24.3 Å². The number of aryl methyl sites for hydroxylation is 1. The molecule has 2 heterocycles. The number of thioether (sulfide) groups is 1. The molecule has 3 aromatic carbocycles. The molecule has 0 fully saturated rings. The van der Waals surface area contributed by atoms with Gasteiger partial charge in [-0.25, -0.2) is 4.98 Å². The molecule has 0 atom stereocenters. The van der Waals surface area contributed by atoms with Crippen molar-refractivity contribution in [2.75, 3.05) is 0 Å². The van der Waals surface area contributed by atoms with Crippen LogP contribution in [0.15, 0.2) is 82.4 Å². The molecular weight excluding hydrogens is 426 g/mol. The van der Waals surface area contributed by atoms with Crippen LogP contribution in [0.5, 0.6) is 0 Å². The van der Waals surface area contributed by atoms with Crippen LogP contribution in [0.25, 0.3) is 28.2 Å². The van der Waals surface area contributed by atoms with Crippen LogP contribution in [0.2, 0.25) is 0 Å². The fraction of sp³-hybridized carbons (Fsp3) is 0.0870. The number of nitro benzene ring substituents is 1. The molecule has 0 amide bonds. The lowest BCUT2D eigenvalue weighted by Crippen LogP contribution is -1.97. The Labute approximate surface area is 187 Å². The number of non-ortho nitro benzene ring substituents is 1. The van der Waals surface area contributed by atoms with E-state index in [4.69, 9.17) is 9.40 Å². The lowest BCUT2D eigenvalue weighted by molar-refractivity contribution is -0.384. The molecule has 0 aliphatic carbocycles. The summed E-state index contributed by atoms with van der Waals surface area (Å²) in [4.78, 5) is 15.2. The molecule has 0 N–H and O–H groups in total. The number of rotatable bonds is 6. The Balaban J connectivity index is 1.41. The van der Waals surface area contributed by atoms with Gasteiger partial charge in [0.2, 0.25) is 11.8 Å². The van der Waals surface area contributed by atoms with Crippen molar-refractivity contribution in [1.82, 2.24) is 19.7 Å². The molecule has 0 aliphatic heterocycles. The highest BCUT2D eigenvalue weighted by Crippen LogP contribution is 2.30. The van der Waals surface area contributed by atoms with E-state index in [0.29, 0.717) is 23.1 Å². The second-order valence-corrected chi connectivity index (χ2v) is 8.09. The zero-order chi connectivity index (χ0) is 22.1. The lowest BCUT2D eigenvalue weighted by atomic mass is 10.2. The molecule has 32 heavy (non-hydrogen) atoms. The van der Waals surface area contributed by atoms with Crippen LogP contribution in [0.3, 0.4) is 0 Å². The van der Waals surface area contributed by atoms with Crippen molar-refractivity contribution >= 4 is 28.5 Å². The van der Waals surface area contributed by atoms with E-state index in [1.54, 1.807) is 12.1 Å². The predicted molar refractivity (Wildman–Crippen MR) is 122 cm³/mol. The van der Waals surface area contributed by atoms with Gasteiger partial charge in [0.25, 0.3) is 5.69 Å². The second kappa shape index (κ2) is 8.27. The van der Waals surface area contributed by atoms with Crippen molar-refractivity contribution in [3.8, 4) is 17.1 Å². The van der Waals surface area contributed by atoms with Crippen LogP contribution in [-0.2, 0) is 5.75 Å². The molecule has 0 aliphatic rings. The van der Waals surface area contributed by atoms with Gasteiger partial charge in [0.15, 0.2) is 5.16 Å². The molecule has 0 spiro atoms. The lowest BCUT2D eigenvalue weighted by Gasteiger charge is -2.08. The summed E-state index contributed by atoms with van der Waals surface area (Å²) in [6, 6.07) is 22.3. The Morgan fingerprint density at radius 1 is 1.00 bits per heavy atom. The largest absolute Gasteiger partial charge is 0.420 e. The Bertz CT molecular complexity index is 1410. The number of aromatic nitrogens is 4. The first-order chi connectivity index (χ1) is 15.6. The summed E-state index contributed by atoms with van der Waals surface area (Å²) in [5.74, 6) is 1.21. The number of fused-ring (bicyclic) bond motifs is 1. The molecule has 0 saturated heterocycles. The zero-order valence-electron chi connectivity index (χ0n) is 17.0. The van der Waals surface area contributed by atoms with Gasteiger partial charge in [-0.3, -0.25) is 14.7 Å². The Morgan fingerprint density at radius 2 is 1.75 bits per heavy atom. The van der Waals surface area contributed by atoms with E-state index in [9.17, 15) is 10.1 Å². The molecule has 5 rings (SSSR count). The van der Waals surface area contributed by atoms with Gasteiger partial charge in [0.05, 0.1) is 21.7 Å². The summed E-state index contributed by atoms with van der Waals surface area (Å²) in [5, 5.41) is 19.9. The van der Waals surface area contributed by atoms with Gasteiger partial charge in [-0.2, -0.15) is 0 Å². The fourth-order valence-electron chi connectivity index (χ4n) is 3.32. The van der Waals surface area contributed by atoms with E-state index < -0.39 is 4.92 Å². The van der Waals surface area contributed by atoms with E-state index in [0.717, 1.165) is 21.9 Å². The fourth-order valence-corrected chi connectivity index (χ4v) is 4.19. The smallest absolute Gasteiger partial charge is 0.269 e. The van der Waals surface area contributed by atoms with E-state index in [2.05, 4.69) is 46.0 Å². The summed E-state index contributed by atoms with van der Waals surface area (Å²) < 4.78 is 7.90. The van der Waals surface area contributed by atoms with Crippen molar-refractivity contribution in [2.45, 2.75) is 17.8 Å². The molecule has 0 bridgehead atoms. The normalized spacial score (nSPS) is 11.2. The van der Waals surface area contributed by atoms with Crippen molar-refractivity contribution in [3.63, 3.8) is 0 Å². The molecule has 8 nitrogen and oxygen atoms in total. The summed E-state index contributed by atoms with van der Waals surface area (Å²) in [6.07, 6.45) is 0. The van der Waals surface area contributed by atoms with Crippen LogP contribution < -0.4 is 0 Å². The Kier molecular flexibility index (Phi) is 5.16. The van der Waals surface area contributed by atoms with Gasteiger partial charge < -0.3 is 4.42 Å². The van der Waals surface area contributed by atoms with Gasteiger partial charge in [0, 0.05) is 23.4 Å². The van der Waals surface area contributed by atoms with E-state index >= 15 is 0 Å². The summed E-state index contributed by atoms with van der Waals surface area (Å²) in [6.45, 7) is 2.06. The van der Waals surface area contributed by atoms with Gasteiger partial charge in [-0.1, -0.05) is 41.6 Å². The first-order valence-electron chi connectivity index (χ1n) is 9.83. The zero-order valence-corrected chi connectivity index (χ0v) is 17.8. The van der Waals surface area contributed by atoms with Crippen LogP contribution >= 0.6 is 11.8 Å². The van der Waals surface area contributed by atoms with E-state index in [-0.39, 0.29) is 5.69 Å². The van der Waals surface area contributed by atoms with Gasteiger partial charge in [-0.05, 0) is 43.3 Å². The maximum Gasteiger partial charge on any atom is 0.269 e. The minimum absolute atomic E-state index is 0.0130. The Hall–Kier alpha value is -3.98. The molecule has 0 unspecified atom stereocenters. The number of nitrogens with zero attached hydrogens (tertiary/aromatic N) is 5. The van der Waals surface area contributed by atoms with Crippen LogP contribution in [0.4, 0.5) is 5.69 Å².